The van der Waals surface area contributed by atoms with Gasteiger partial charge in [0.1, 0.15) is 0 Å². The maximum Gasteiger partial charge on any atom is 0.171 e. The smallest absolute Gasteiger partial charge is 0.171 e. The number of nitrogens with zero attached hydrogens (tertiary/aromatic N) is 2. The van der Waals surface area contributed by atoms with Gasteiger partial charge in [0.05, 0.1) is 0 Å². The Kier molecular flexibility index (Phi) is 7.86. The number of thiocarbonyl (C=S) groups is 1. The molecule has 0 aliphatic heterocycles. The lowest BCUT2D eigenvalue weighted by Crippen LogP contribution is -2.42. The zero-order valence-electron chi connectivity index (χ0n) is 10.0. The first-order valence-electron chi connectivity index (χ1n) is 5.67. The highest BCUT2D eigenvalue weighted by molar-refractivity contribution is 7.80. The Labute approximate surface area is 94.3 Å². The predicted octanol–water partition coefficient (Wildman–Crippen LogP) is 2.74. The van der Waals surface area contributed by atoms with Gasteiger partial charge >= 0.3 is 0 Å². The fourth-order valence-corrected chi connectivity index (χ4v) is 1.79. The molecule has 0 spiro atoms. The van der Waals surface area contributed by atoms with Crippen LogP contribution >= 0.6 is 12.2 Å². The lowest BCUT2D eigenvalue weighted by Gasteiger charge is -2.30. The molecule has 0 aromatic heterocycles. The molecule has 0 rings (SSSR count). The summed E-state index contributed by atoms with van der Waals surface area (Å²) in [6.07, 6.45) is 3.49. The van der Waals surface area contributed by atoms with Crippen molar-refractivity contribution >= 4 is 17.3 Å². The van der Waals surface area contributed by atoms with Gasteiger partial charge in [-0.25, -0.2) is 0 Å². The molecular weight excluding hydrogens is 192 g/mol. The third-order valence-corrected chi connectivity index (χ3v) is 2.71. The highest BCUT2D eigenvalue weighted by Gasteiger charge is 2.10. The summed E-state index contributed by atoms with van der Waals surface area (Å²) in [5, 5.41) is 1.01. The highest BCUT2D eigenvalue weighted by atomic mass is 32.1. The molecule has 0 aromatic rings. The minimum absolute atomic E-state index is 1.01. The summed E-state index contributed by atoms with van der Waals surface area (Å²) in [5.41, 5.74) is 0. The molecule has 0 bridgehead atoms. The van der Waals surface area contributed by atoms with E-state index in [4.69, 9.17) is 12.2 Å². The van der Waals surface area contributed by atoms with E-state index >= 15 is 0 Å². The van der Waals surface area contributed by atoms with E-state index in [9.17, 15) is 0 Å². The second-order valence-corrected chi connectivity index (χ2v) is 4.06. The van der Waals surface area contributed by atoms with Crippen LogP contribution in [0.3, 0.4) is 0 Å². The maximum atomic E-state index is 5.45. The first-order valence-corrected chi connectivity index (χ1v) is 6.08. The molecule has 0 atom stereocenters. The molecule has 0 aliphatic carbocycles. The van der Waals surface area contributed by atoms with Gasteiger partial charge in [0, 0.05) is 26.7 Å². The fourth-order valence-electron chi connectivity index (χ4n) is 1.52. The van der Waals surface area contributed by atoms with Crippen molar-refractivity contribution in [3.63, 3.8) is 0 Å². The second-order valence-electron chi connectivity index (χ2n) is 3.69. The Morgan fingerprint density at radius 2 is 1.36 bits per heavy atom. The average Bonchev–Trinajstić information content (AvgIpc) is 2.17. The van der Waals surface area contributed by atoms with Gasteiger partial charge in [-0.1, -0.05) is 20.8 Å². The Balaban J connectivity index is 4.11. The van der Waals surface area contributed by atoms with Crippen LogP contribution in [0.25, 0.3) is 0 Å². The average molecular weight is 216 g/mol. The maximum absolute atomic E-state index is 5.45. The van der Waals surface area contributed by atoms with Gasteiger partial charge in [-0.3, -0.25) is 0 Å². The number of hydrogen-bond donors (Lipinski definition) is 0. The van der Waals surface area contributed by atoms with Gasteiger partial charge in [-0.15, -0.1) is 0 Å². The minimum Gasteiger partial charge on any atom is -0.352 e. The lowest BCUT2D eigenvalue weighted by molar-refractivity contribution is 0.354. The molecule has 0 fully saturated rings. The summed E-state index contributed by atoms with van der Waals surface area (Å²) in [6, 6.07) is 0. The molecule has 84 valence electrons. The third-order valence-electron chi connectivity index (χ3n) is 2.14. The minimum atomic E-state index is 1.01. The van der Waals surface area contributed by atoms with Crippen molar-refractivity contribution < 1.29 is 0 Å². The van der Waals surface area contributed by atoms with Crippen LogP contribution in [0.4, 0.5) is 0 Å². The quantitative estimate of drug-likeness (QED) is 0.630. The van der Waals surface area contributed by atoms with Crippen molar-refractivity contribution in [3.05, 3.63) is 0 Å². The van der Waals surface area contributed by atoms with E-state index in [0.717, 1.165) is 31.2 Å². The lowest BCUT2D eigenvalue weighted by atomic mass is 10.3. The molecule has 0 heterocycles. The fraction of sp³-hybridized carbons (Fsp3) is 0.909. The van der Waals surface area contributed by atoms with E-state index in [2.05, 4.69) is 37.6 Å². The molecule has 0 aromatic carbocycles. The van der Waals surface area contributed by atoms with E-state index in [-0.39, 0.29) is 0 Å². The Bertz CT molecular complexity index is 153. The standard InChI is InChI=1S/C11H24N2S/c1-5-8-12(4)11(14)13(9-6-2)10-7-3/h5-10H2,1-4H3. The van der Waals surface area contributed by atoms with Crippen molar-refractivity contribution in [2.45, 2.75) is 40.0 Å². The van der Waals surface area contributed by atoms with Crippen LogP contribution in [-0.4, -0.2) is 41.6 Å². The van der Waals surface area contributed by atoms with Crippen LogP contribution in [0.5, 0.6) is 0 Å². The van der Waals surface area contributed by atoms with Crippen molar-refractivity contribution in [2.75, 3.05) is 26.7 Å². The summed E-state index contributed by atoms with van der Waals surface area (Å²) in [7, 11) is 2.09. The number of hydrogen-bond acceptors (Lipinski definition) is 1. The summed E-state index contributed by atoms with van der Waals surface area (Å²) >= 11 is 5.45. The summed E-state index contributed by atoms with van der Waals surface area (Å²) < 4.78 is 0. The van der Waals surface area contributed by atoms with Crippen LogP contribution in [0, 0.1) is 0 Å². The molecular formula is C11H24N2S. The van der Waals surface area contributed by atoms with Crippen LogP contribution in [0.15, 0.2) is 0 Å². The summed E-state index contributed by atoms with van der Waals surface area (Å²) in [5.74, 6) is 0. The van der Waals surface area contributed by atoms with Crippen LogP contribution in [-0.2, 0) is 0 Å². The first-order chi connectivity index (χ1) is 6.67. The molecule has 0 radical (unpaired) electrons. The van der Waals surface area contributed by atoms with E-state index in [1.165, 1.54) is 12.8 Å². The van der Waals surface area contributed by atoms with Gasteiger partial charge in [0.15, 0.2) is 5.11 Å². The van der Waals surface area contributed by atoms with Crippen molar-refractivity contribution in [1.82, 2.24) is 9.80 Å². The molecule has 14 heavy (non-hydrogen) atoms. The predicted molar refractivity (Wildman–Crippen MR) is 67.7 cm³/mol. The van der Waals surface area contributed by atoms with Crippen LogP contribution in [0.1, 0.15) is 40.0 Å². The van der Waals surface area contributed by atoms with Crippen molar-refractivity contribution in [3.8, 4) is 0 Å². The zero-order valence-corrected chi connectivity index (χ0v) is 10.9. The molecule has 0 aliphatic rings. The summed E-state index contributed by atoms with van der Waals surface area (Å²) in [4.78, 5) is 4.49. The summed E-state index contributed by atoms with van der Waals surface area (Å²) in [6.45, 7) is 9.81. The molecule has 0 saturated carbocycles. The monoisotopic (exact) mass is 216 g/mol. The molecule has 3 heteroatoms. The number of rotatable bonds is 6. The second kappa shape index (κ2) is 8.04. The Morgan fingerprint density at radius 1 is 0.929 bits per heavy atom. The molecule has 0 amide bonds. The van der Waals surface area contributed by atoms with Gasteiger partial charge in [-0.2, -0.15) is 0 Å². The first kappa shape index (κ1) is 13.7. The van der Waals surface area contributed by atoms with E-state index in [1.54, 1.807) is 0 Å². The molecule has 0 N–H and O–H groups in total. The molecule has 0 saturated heterocycles. The molecule has 0 unspecified atom stereocenters. The Morgan fingerprint density at radius 3 is 1.71 bits per heavy atom. The van der Waals surface area contributed by atoms with Crippen LogP contribution < -0.4 is 0 Å². The normalized spacial score (nSPS) is 10.0. The topological polar surface area (TPSA) is 6.48 Å². The van der Waals surface area contributed by atoms with E-state index < -0.39 is 0 Å². The Hall–Kier alpha value is -0.310. The van der Waals surface area contributed by atoms with E-state index in [1.807, 2.05) is 0 Å². The largest absolute Gasteiger partial charge is 0.352 e. The molecule has 2 nitrogen and oxygen atoms in total. The van der Waals surface area contributed by atoms with Crippen LogP contribution in [0.2, 0.25) is 0 Å². The zero-order chi connectivity index (χ0) is 11.0. The van der Waals surface area contributed by atoms with E-state index in [0.29, 0.717) is 0 Å². The third kappa shape index (κ3) is 4.80. The SMILES string of the molecule is CCCN(C)C(=S)N(CCC)CCC. The van der Waals surface area contributed by atoms with Crippen molar-refractivity contribution in [1.29, 1.82) is 0 Å². The van der Waals surface area contributed by atoms with Gasteiger partial charge in [-0.05, 0) is 31.5 Å². The van der Waals surface area contributed by atoms with Gasteiger partial charge in [0.2, 0.25) is 0 Å². The highest BCUT2D eigenvalue weighted by Crippen LogP contribution is 2.01. The van der Waals surface area contributed by atoms with Gasteiger partial charge in [0.25, 0.3) is 0 Å². The van der Waals surface area contributed by atoms with Gasteiger partial charge < -0.3 is 9.80 Å². The van der Waals surface area contributed by atoms with Crippen molar-refractivity contribution in [2.24, 2.45) is 0 Å².